The van der Waals surface area contributed by atoms with Crippen LogP contribution in [0, 0.1) is 0 Å². The van der Waals surface area contributed by atoms with Gasteiger partial charge in [0.15, 0.2) is 0 Å². The van der Waals surface area contributed by atoms with Gasteiger partial charge in [0.25, 0.3) is 0 Å². The number of alkyl halides is 1. The Kier molecular flexibility index (Phi) is 3.15. The van der Waals surface area contributed by atoms with Gasteiger partial charge in [-0.25, -0.2) is 0 Å². The van der Waals surface area contributed by atoms with Crippen LogP contribution >= 0.6 is 11.6 Å². The lowest BCUT2D eigenvalue weighted by atomic mass is 10.3. The molecule has 0 bridgehead atoms. The summed E-state index contributed by atoms with van der Waals surface area (Å²) in [4.78, 5) is 12.8. The first kappa shape index (κ1) is 8.81. The van der Waals surface area contributed by atoms with E-state index in [9.17, 15) is 4.79 Å². The molecule has 1 fully saturated rings. The first-order valence-corrected chi connectivity index (χ1v) is 4.23. The standard InChI is InChI=1S/C7H12ClNO2/c1-6-5-9(2-3-11-6)7(10)4-8/h6H,2-5H2,1H3/t6-/m1/s1. The molecule has 1 rings (SSSR count). The summed E-state index contributed by atoms with van der Waals surface area (Å²) in [6.07, 6.45) is 0.149. The maximum Gasteiger partial charge on any atom is 0.237 e. The van der Waals surface area contributed by atoms with Crippen LogP contribution in [-0.4, -0.2) is 42.5 Å². The van der Waals surface area contributed by atoms with E-state index in [1.165, 1.54) is 0 Å². The smallest absolute Gasteiger partial charge is 0.237 e. The van der Waals surface area contributed by atoms with Crippen molar-refractivity contribution in [3.8, 4) is 0 Å². The molecule has 1 aliphatic heterocycles. The minimum atomic E-state index is 0.00168. The summed E-state index contributed by atoms with van der Waals surface area (Å²) >= 11 is 5.40. The molecular weight excluding hydrogens is 166 g/mol. The molecule has 0 aromatic carbocycles. The van der Waals surface area contributed by atoms with Crippen molar-refractivity contribution < 1.29 is 9.53 Å². The van der Waals surface area contributed by atoms with Crippen molar-refractivity contribution in [2.24, 2.45) is 0 Å². The number of carbonyl (C=O) groups excluding carboxylic acids is 1. The van der Waals surface area contributed by atoms with E-state index in [0.717, 1.165) is 0 Å². The van der Waals surface area contributed by atoms with E-state index in [1.807, 2.05) is 6.92 Å². The number of hydrogen-bond donors (Lipinski definition) is 0. The van der Waals surface area contributed by atoms with E-state index in [4.69, 9.17) is 16.3 Å². The Bertz CT molecular complexity index is 151. The SMILES string of the molecule is C[C@@H]1CN(C(=O)CCl)CCO1. The van der Waals surface area contributed by atoms with Crippen LogP contribution < -0.4 is 0 Å². The second kappa shape index (κ2) is 3.93. The van der Waals surface area contributed by atoms with Crippen molar-refractivity contribution in [1.82, 2.24) is 4.90 Å². The van der Waals surface area contributed by atoms with E-state index in [1.54, 1.807) is 4.90 Å². The normalized spacial score (nSPS) is 25.3. The molecule has 1 heterocycles. The Morgan fingerprint density at radius 2 is 2.55 bits per heavy atom. The Labute approximate surface area is 71.3 Å². The highest BCUT2D eigenvalue weighted by Crippen LogP contribution is 2.04. The van der Waals surface area contributed by atoms with Crippen LogP contribution in [0.15, 0.2) is 0 Å². The summed E-state index contributed by atoms with van der Waals surface area (Å²) in [5, 5.41) is 0. The summed E-state index contributed by atoms with van der Waals surface area (Å²) in [7, 11) is 0. The second-order valence-electron chi connectivity index (χ2n) is 2.65. The molecule has 0 saturated carbocycles. The van der Waals surface area contributed by atoms with Gasteiger partial charge in [-0.1, -0.05) is 0 Å². The van der Waals surface area contributed by atoms with Crippen LogP contribution in [0.3, 0.4) is 0 Å². The van der Waals surface area contributed by atoms with E-state index < -0.39 is 0 Å². The summed E-state index contributed by atoms with van der Waals surface area (Å²) in [5.41, 5.74) is 0. The molecule has 1 amide bonds. The number of rotatable bonds is 1. The topological polar surface area (TPSA) is 29.5 Å². The second-order valence-corrected chi connectivity index (χ2v) is 2.92. The first-order valence-electron chi connectivity index (χ1n) is 3.69. The lowest BCUT2D eigenvalue weighted by molar-refractivity contribution is -0.135. The molecule has 0 radical (unpaired) electrons. The Hall–Kier alpha value is -0.280. The van der Waals surface area contributed by atoms with Gasteiger partial charge < -0.3 is 9.64 Å². The maximum atomic E-state index is 11.1. The van der Waals surface area contributed by atoms with Crippen LogP contribution in [0.1, 0.15) is 6.92 Å². The monoisotopic (exact) mass is 177 g/mol. The van der Waals surface area contributed by atoms with Gasteiger partial charge in [0.05, 0.1) is 12.7 Å². The average Bonchev–Trinajstić information content (AvgIpc) is 2.03. The van der Waals surface area contributed by atoms with Gasteiger partial charge in [-0.2, -0.15) is 0 Å². The van der Waals surface area contributed by atoms with Gasteiger partial charge in [0.1, 0.15) is 5.88 Å². The number of halogens is 1. The number of ether oxygens (including phenoxy) is 1. The third-order valence-corrected chi connectivity index (χ3v) is 1.94. The molecule has 0 aromatic rings. The van der Waals surface area contributed by atoms with Crippen molar-refractivity contribution >= 4 is 17.5 Å². The highest BCUT2D eigenvalue weighted by molar-refractivity contribution is 6.27. The minimum absolute atomic E-state index is 0.00168. The minimum Gasteiger partial charge on any atom is -0.375 e. The first-order chi connectivity index (χ1) is 5.24. The maximum absolute atomic E-state index is 11.1. The average molecular weight is 178 g/mol. The number of carbonyl (C=O) groups is 1. The van der Waals surface area contributed by atoms with Gasteiger partial charge in [-0.15, -0.1) is 11.6 Å². The Balaban J connectivity index is 2.39. The van der Waals surface area contributed by atoms with E-state index in [2.05, 4.69) is 0 Å². The molecule has 3 nitrogen and oxygen atoms in total. The molecule has 0 spiro atoms. The van der Waals surface area contributed by atoms with Gasteiger partial charge >= 0.3 is 0 Å². The molecule has 1 aliphatic rings. The third-order valence-electron chi connectivity index (χ3n) is 1.71. The predicted octanol–water partition coefficient (Wildman–Crippen LogP) is 0.472. The molecule has 0 unspecified atom stereocenters. The molecule has 0 N–H and O–H groups in total. The van der Waals surface area contributed by atoms with Crippen LogP contribution in [0.25, 0.3) is 0 Å². The molecule has 11 heavy (non-hydrogen) atoms. The molecule has 1 saturated heterocycles. The number of morpholine rings is 1. The fourth-order valence-electron chi connectivity index (χ4n) is 1.13. The van der Waals surface area contributed by atoms with Crippen LogP contribution in [-0.2, 0) is 9.53 Å². The zero-order valence-corrected chi connectivity index (χ0v) is 7.30. The van der Waals surface area contributed by atoms with Crippen molar-refractivity contribution in [3.63, 3.8) is 0 Å². The molecule has 1 atom stereocenters. The highest BCUT2D eigenvalue weighted by Gasteiger charge is 2.19. The van der Waals surface area contributed by atoms with Gasteiger partial charge in [-0.05, 0) is 6.92 Å². The molecular formula is C7H12ClNO2. The van der Waals surface area contributed by atoms with Gasteiger partial charge in [0.2, 0.25) is 5.91 Å². The lowest BCUT2D eigenvalue weighted by Gasteiger charge is -2.30. The number of nitrogens with zero attached hydrogens (tertiary/aromatic N) is 1. The van der Waals surface area contributed by atoms with Crippen LogP contribution in [0.2, 0.25) is 0 Å². The largest absolute Gasteiger partial charge is 0.375 e. The quantitative estimate of drug-likeness (QED) is 0.545. The molecule has 64 valence electrons. The predicted molar refractivity (Wildman–Crippen MR) is 42.7 cm³/mol. The van der Waals surface area contributed by atoms with Gasteiger partial charge in [-0.3, -0.25) is 4.79 Å². The van der Waals surface area contributed by atoms with Crippen molar-refractivity contribution in [2.45, 2.75) is 13.0 Å². The number of hydrogen-bond acceptors (Lipinski definition) is 2. The third kappa shape index (κ3) is 2.34. The summed E-state index contributed by atoms with van der Waals surface area (Å²) in [6, 6.07) is 0. The van der Waals surface area contributed by atoms with E-state index in [-0.39, 0.29) is 17.9 Å². The summed E-state index contributed by atoms with van der Waals surface area (Å²) in [6.45, 7) is 3.93. The van der Waals surface area contributed by atoms with E-state index in [0.29, 0.717) is 19.7 Å². The highest BCUT2D eigenvalue weighted by atomic mass is 35.5. The zero-order valence-electron chi connectivity index (χ0n) is 6.55. The Morgan fingerprint density at radius 3 is 3.09 bits per heavy atom. The fraction of sp³-hybridized carbons (Fsp3) is 0.857. The Morgan fingerprint density at radius 1 is 1.82 bits per heavy atom. The fourth-order valence-corrected chi connectivity index (χ4v) is 1.30. The van der Waals surface area contributed by atoms with Crippen molar-refractivity contribution in [3.05, 3.63) is 0 Å². The van der Waals surface area contributed by atoms with Crippen molar-refractivity contribution in [1.29, 1.82) is 0 Å². The zero-order chi connectivity index (χ0) is 8.27. The van der Waals surface area contributed by atoms with Gasteiger partial charge in [0, 0.05) is 13.1 Å². The van der Waals surface area contributed by atoms with Crippen molar-refractivity contribution in [2.75, 3.05) is 25.6 Å². The lowest BCUT2D eigenvalue weighted by Crippen LogP contribution is -2.45. The molecule has 4 heteroatoms. The number of amides is 1. The van der Waals surface area contributed by atoms with Crippen LogP contribution in [0.5, 0.6) is 0 Å². The summed E-state index contributed by atoms with van der Waals surface area (Å²) < 4.78 is 5.27. The molecule has 0 aromatic heterocycles. The van der Waals surface area contributed by atoms with E-state index >= 15 is 0 Å². The molecule has 0 aliphatic carbocycles. The van der Waals surface area contributed by atoms with Crippen LogP contribution in [0.4, 0.5) is 0 Å². The summed E-state index contributed by atoms with van der Waals surface area (Å²) in [5.74, 6) is 0.0778.